The minimum Gasteiger partial charge on any atom is -0.368 e. The third-order valence-corrected chi connectivity index (χ3v) is 4.46. The van der Waals surface area contributed by atoms with Gasteiger partial charge in [-0.25, -0.2) is 13.1 Å². The summed E-state index contributed by atoms with van der Waals surface area (Å²) >= 11 is 0. The summed E-state index contributed by atoms with van der Waals surface area (Å²) in [6.07, 6.45) is 2.43. The van der Waals surface area contributed by atoms with Crippen molar-refractivity contribution in [3.05, 3.63) is 36.5 Å². The van der Waals surface area contributed by atoms with Crippen LogP contribution in [0, 0.1) is 0 Å². The number of amides is 1. The molecular formula is C15H20N6O3S. The van der Waals surface area contributed by atoms with Gasteiger partial charge >= 0.3 is 0 Å². The number of rotatable bonds is 5. The number of benzene rings is 1. The van der Waals surface area contributed by atoms with Crippen molar-refractivity contribution in [1.29, 1.82) is 0 Å². The standard InChI is InChI=1S/C15H20N6O3S/c1-25(23,24)17-14-11-21(18-16-14)12-15(22)20-9-7-19(8-10-20)13-5-3-2-4-6-13/h2-6,11,17H,7-10,12H2,1H3. The molecule has 0 atom stereocenters. The van der Waals surface area contributed by atoms with Crippen LogP contribution >= 0.6 is 0 Å². The molecule has 1 amide bonds. The zero-order valence-electron chi connectivity index (χ0n) is 13.9. The molecule has 9 nitrogen and oxygen atoms in total. The van der Waals surface area contributed by atoms with Crippen LogP contribution in [0.3, 0.4) is 0 Å². The lowest BCUT2D eigenvalue weighted by atomic mass is 10.2. The Labute approximate surface area is 146 Å². The summed E-state index contributed by atoms with van der Waals surface area (Å²) < 4.78 is 25.9. The Kier molecular flexibility index (Phi) is 4.88. The van der Waals surface area contributed by atoms with Gasteiger partial charge in [-0.2, -0.15) is 0 Å². The number of aromatic nitrogens is 3. The Balaban J connectivity index is 1.53. The maximum absolute atomic E-state index is 12.4. The number of hydrogen-bond donors (Lipinski definition) is 1. The predicted molar refractivity (Wildman–Crippen MR) is 93.7 cm³/mol. The van der Waals surface area contributed by atoms with E-state index in [9.17, 15) is 13.2 Å². The predicted octanol–water partition coefficient (Wildman–Crippen LogP) is -0.00160. The first-order valence-electron chi connectivity index (χ1n) is 7.86. The van der Waals surface area contributed by atoms with E-state index < -0.39 is 10.0 Å². The van der Waals surface area contributed by atoms with Gasteiger partial charge in [0.05, 0.1) is 12.5 Å². The molecule has 1 aliphatic rings. The highest BCUT2D eigenvalue weighted by Gasteiger charge is 2.21. The summed E-state index contributed by atoms with van der Waals surface area (Å²) in [4.78, 5) is 16.4. The lowest BCUT2D eigenvalue weighted by Crippen LogP contribution is -2.49. The molecule has 0 aliphatic carbocycles. The number of para-hydroxylation sites is 1. The van der Waals surface area contributed by atoms with E-state index in [1.165, 1.54) is 10.9 Å². The zero-order chi connectivity index (χ0) is 17.9. The molecule has 1 N–H and O–H groups in total. The number of sulfonamides is 1. The van der Waals surface area contributed by atoms with Crippen molar-refractivity contribution in [3.63, 3.8) is 0 Å². The smallest absolute Gasteiger partial charge is 0.244 e. The van der Waals surface area contributed by atoms with Gasteiger partial charge in [0.25, 0.3) is 0 Å². The molecule has 1 aromatic heterocycles. The first kappa shape index (κ1) is 17.2. The lowest BCUT2D eigenvalue weighted by Gasteiger charge is -2.36. The molecule has 134 valence electrons. The normalized spacial score (nSPS) is 15.2. The Hall–Kier alpha value is -2.62. The number of piperazine rings is 1. The first-order chi connectivity index (χ1) is 11.9. The lowest BCUT2D eigenvalue weighted by molar-refractivity contribution is -0.132. The minimum atomic E-state index is -3.41. The van der Waals surface area contributed by atoms with E-state index in [1.54, 1.807) is 4.90 Å². The Morgan fingerprint density at radius 1 is 1.16 bits per heavy atom. The van der Waals surface area contributed by atoms with Gasteiger partial charge in [0.15, 0.2) is 5.82 Å². The molecule has 0 radical (unpaired) electrons. The molecule has 1 fully saturated rings. The molecule has 1 aliphatic heterocycles. The summed E-state index contributed by atoms with van der Waals surface area (Å²) in [7, 11) is -3.41. The number of anilines is 2. The Morgan fingerprint density at radius 3 is 2.48 bits per heavy atom. The van der Waals surface area contributed by atoms with Crippen LogP contribution in [0.2, 0.25) is 0 Å². The molecule has 0 spiro atoms. The van der Waals surface area contributed by atoms with Gasteiger partial charge in [-0.05, 0) is 12.1 Å². The van der Waals surface area contributed by atoms with Crippen LogP contribution in [0.5, 0.6) is 0 Å². The number of nitrogens with one attached hydrogen (secondary N) is 1. The molecule has 1 saturated heterocycles. The fraction of sp³-hybridized carbons (Fsp3) is 0.400. The highest BCUT2D eigenvalue weighted by Crippen LogP contribution is 2.15. The van der Waals surface area contributed by atoms with Crippen molar-refractivity contribution in [2.24, 2.45) is 0 Å². The molecular weight excluding hydrogens is 344 g/mol. The fourth-order valence-corrected chi connectivity index (χ4v) is 3.18. The van der Waals surface area contributed by atoms with Gasteiger partial charge < -0.3 is 9.80 Å². The van der Waals surface area contributed by atoms with E-state index in [2.05, 4.69) is 32.1 Å². The van der Waals surface area contributed by atoms with Gasteiger partial charge in [-0.3, -0.25) is 9.52 Å². The molecule has 3 rings (SSSR count). The van der Waals surface area contributed by atoms with Crippen molar-refractivity contribution >= 4 is 27.4 Å². The Bertz CT molecular complexity index is 828. The van der Waals surface area contributed by atoms with Gasteiger partial charge in [0.1, 0.15) is 6.54 Å². The van der Waals surface area contributed by atoms with E-state index in [-0.39, 0.29) is 18.3 Å². The number of nitrogens with zero attached hydrogens (tertiary/aromatic N) is 5. The first-order valence-corrected chi connectivity index (χ1v) is 9.75. The monoisotopic (exact) mass is 364 g/mol. The highest BCUT2D eigenvalue weighted by molar-refractivity contribution is 7.92. The summed E-state index contributed by atoms with van der Waals surface area (Å²) in [5, 5.41) is 7.47. The van der Waals surface area contributed by atoms with Gasteiger partial charge in [0.2, 0.25) is 15.9 Å². The average Bonchev–Trinajstić information content (AvgIpc) is 3.00. The number of hydrogen-bond acceptors (Lipinski definition) is 6. The van der Waals surface area contributed by atoms with Crippen LogP contribution in [0.25, 0.3) is 0 Å². The van der Waals surface area contributed by atoms with Gasteiger partial charge in [-0.15, -0.1) is 5.10 Å². The van der Waals surface area contributed by atoms with Crippen molar-refractivity contribution in [2.45, 2.75) is 6.54 Å². The van der Waals surface area contributed by atoms with Crippen LogP contribution in [0.15, 0.2) is 36.5 Å². The van der Waals surface area contributed by atoms with Crippen LogP contribution in [0.1, 0.15) is 0 Å². The van der Waals surface area contributed by atoms with Crippen LogP contribution < -0.4 is 9.62 Å². The topological polar surface area (TPSA) is 100 Å². The fourth-order valence-electron chi connectivity index (χ4n) is 2.70. The van der Waals surface area contributed by atoms with E-state index >= 15 is 0 Å². The molecule has 2 aromatic rings. The average molecular weight is 364 g/mol. The number of carbonyl (C=O) groups is 1. The van der Waals surface area contributed by atoms with E-state index in [0.29, 0.717) is 13.1 Å². The Morgan fingerprint density at radius 2 is 1.84 bits per heavy atom. The second-order valence-electron chi connectivity index (χ2n) is 5.88. The number of carbonyl (C=O) groups excluding carboxylic acids is 1. The summed E-state index contributed by atoms with van der Waals surface area (Å²) in [6, 6.07) is 10.1. The summed E-state index contributed by atoms with van der Waals surface area (Å²) in [5.41, 5.74) is 1.15. The van der Waals surface area contributed by atoms with E-state index in [0.717, 1.165) is 25.0 Å². The zero-order valence-corrected chi connectivity index (χ0v) is 14.7. The maximum Gasteiger partial charge on any atom is 0.244 e. The van der Waals surface area contributed by atoms with Crippen molar-refractivity contribution in [2.75, 3.05) is 42.1 Å². The van der Waals surface area contributed by atoms with E-state index in [1.807, 2.05) is 18.2 Å². The molecule has 25 heavy (non-hydrogen) atoms. The summed E-state index contributed by atoms with van der Waals surface area (Å²) in [6.45, 7) is 2.85. The molecule has 0 bridgehead atoms. The van der Waals surface area contributed by atoms with Crippen molar-refractivity contribution < 1.29 is 13.2 Å². The molecule has 0 saturated carbocycles. The maximum atomic E-state index is 12.4. The van der Waals surface area contributed by atoms with Crippen LogP contribution in [-0.4, -0.2) is 66.7 Å². The van der Waals surface area contributed by atoms with Gasteiger partial charge in [0, 0.05) is 31.9 Å². The molecule has 1 aromatic carbocycles. The van der Waals surface area contributed by atoms with Crippen molar-refractivity contribution in [1.82, 2.24) is 19.9 Å². The SMILES string of the molecule is CS(=O)(=O)Nc1cn(CC(=O)N2CCN(c3ccccc3)CC2)nn1. The molecule has 0 unspecified atom stereocenters. The van der Waals surface area contributed by atoms with Crippen LogP contribution in [-0.2, 0) is 21.4 Å². The third kappa shape index (κ3) is 4.69. The van der Waals surface area contributed by atoms with E-state index in [4.69, 9.17) is 0 Å². The van der Waals surface area contributed by atoms with Crippen molar-refractivity contribution in [3.8, 4) is 0 Å². The third-order valence-electron chi connectivity index (χ3n) is 3.88. The second kappa shape index (κ2) is 7.09. The molecule has 2 heterocycles. The minimum absolute atomic E-state index is 0.0315. The summed E-state index contributed by atoms with van der Waals surface area (Å²) in [5.74, 6) is 0.0349. The van der Waals surface area contributed by atoms with Gasteiger partial charge in [-0.1, -0.05) is 23.4 Å². The molecule has 10 heteroatoms. The second-order valence-corrected chi connectivity index (χ2v) is 7.63. The largest absolute Gasteiger partial charge is 0.368 e. The highest BCUT2D eigenvalue weighted by atomic mass is 32.2. The van der Waals surface area contributed by atoms with Crippen LogP contribution in [0.4, 0.5) is 11.5 Å². The quantitative estimate of drug-likeness (QED) is 0.801.